The average Bonchev–Trinajstić information content (AvgIpc) is 3.00. The predicted octanol–water partition coefficient (Wildman–Crippen LogP) is 4.45. The van der Waals surface area contributed by atoms with Gasteiger partial charge in [0.25, 0.3) is 11.8 Å². The van der Waals surface area contributed by atoms with Crippen molar-refractivity contribution in [3.63, 3.8) is 0 Å². The number of hydrogen-bond acceptors (Lipinski definition) is 5. The van der Waals surface area contributed by atoms with E-state index in [-0.39, 0.29) is 35.4 Å². The summed E-state index contributed by atoms with van der Waals surface area (Å²) in [6.07, 6.45) is 8.65. The highest BCUT2D eigenvalue weighted by Crippen LogP contribution is 2.31. The Morgan fingerprint density at radius 2 is 1.41 bits per heavy atom. The van der Waals surface area contributed by atoms with E-state index in [0.717, 1.165) is 63.5 Å². The molecule has 1 aliphatic heterocycles. The molecule has 0 atom stereocenters. The zero-order valence-corrected chi connectivity index (χ0v) is 23.3. The summed E-state index contributed by atoms with van der Waals surface area (Å²) in [5, 5.41) is 5.89. The summed E-state index contributed by atoms with van der Waals surface area (Å²) < 4.78 is 27.3. The van der Waals surface area contributed by atoms with E-state index < -0.39 is 17.5 Å². The number of carbonyl (C=O) groups excluding carboxylic acids is 3. The molecule has 220 valence electrons. The molecule has 3 aliphatic rings. The van der Waals surface area contributed by atoms with Crippen molar-refractivity contribution in [3.05, 3.63) is 59.2 Å². The summed E-state index contributed by atoms with van der Waals surface area (Å²) in [4.78, 5) is 43.3. The molecule has 0 unspecified atom stereocenters. The SMILES string of the molecule is NC1CCC(NC(=O)c2ccc(N3CCN(C(=O)C4CCCCC4)CC3)c(NC(=O)c3ccc(F)c(F)c3)c2)CC1. The number of halogens is 2. The van der Waals surface area contributed by atoms with Gasteiger partial charge in [-0.25, -0.2) is 8.78 Å². The van der Waals surface area contributed by atoms with E-state index >= 15 is 0 Å². The van der Waals surface area contributed by atoms with Crippen molar-refractivity contribution in [2.24, 2.45) is 11.7 Å². The van der Waals surface area contributed by atoms with Crippen molar-refractivity contribution in [3.8, 4) is 0 Å². The smallest absolute Gasteiger partial charge is 0.255 e. The van der Waals surface area contributed by atoms with Crippen molar-refractivity contribution in [2.45, 2.75) is 69.9 Å². The molecule has 3 amide bonds. The van der Waals surface area contributed by atoms with Gasteiger partial charge in [0, 0.05) is 55.3 Å². The Bertz CT molecular complexity index is 1270. The lowest BCUT2D eigenvalue weighted by molar-refractivity contribution is -0.136. The molecule has 0 bridgehead atoms. The Balaban J connectivity index is 1.33. The van der Waals surface area contributed by atoms with Gasteiger partial charge in [-0.1, -0.05) is 19.3 Å². The number of nitrogens with zero attached hydrogens (tertiary/aromatic N) is 2. The van der Waals surface area contributed by atoms with Gasteiger partial charge < -0.3 is 26.2 Å². The molecule has 2 aliphatic carbocycles. The van der Waals surface area contributed by atoms with Crippen LogP contribution in [-0.4, -0.2) is 60.9 Å². The molecule has 0 radical (unpaired) electrons. The number of rotatable bonds is 6. The fraction of sp³-hybridized carbons (Fsp3) is 0.516. The van der Waals surface area contributed by atoms with Gasteiger partial charge in [-0.2, -0.15) is 0 Å². The molecule has 10 heteroatoms. The number of nitrogens with one attached hydrogen (secondary N) is 2. The van der Waals surface area contributed by atoms with Crippen molar-refractivity contribution < 1.29 is 23.2 Å². The summed E-state index contributed by atoms with van der Waals surface area (Å²) in [5.74, 6) is -2.67. The lowest BCUT2D eigenvalue weighted by Gasteiger charge is -2.39. The summed E-state index contributed by atoms with van der Waals surface area (Å²) in [6.45, 7) is 2.27. The second-order valence-electron chi connectivity index (χ2n) is 11.5. The number of anilines is 2. The number of carbonyl (C=O) groups is 3. The van der Waals surface area contributed by atoms with E-state index in [2.05, 4.69) is 15.5 Å². The Morgan fingerprint density at radius 1 is 0.756 bits per heavy atom. The Labute approximate surface area is 239 Å². The van der Waals surface area contributed by atoms with Crippen LogP contribution in [0.4, 0.5) is 20.2 Å². The third-order valence-electron chi connectivity index (χ3n) is 8.68. The lowest BCUT2D eigenvalue weighted by atomic mass is 9.88. The normalized spacial score (nSPS) is 21.8. The van der Waals surface area contributed by atoms with E-state index in [1.807, 2.05) is 4.90 Å². The standard InChI is InChI=1S/C31H39F2N5O3/c32-25-12-6-21(18-26(25)33)30(40)36-27-19-22(29(39)35-24-10-8-23(34)9-11-24)7-13-28(27)37-14-16-38(17-15-37)31(41)20-4-2-1-3-5-20/h6-7,12-13,18-20,23-24H,1-5,8-11,14-17,34H2,(H,35,39)(H,36,40). The first-order valence-corrected chi connectivity index (χ1v) is 14.8. The van der Waals surface area contributed by atoms with E-state index in [4.69, 9.17) is 5.73 Å². The van der Waals surface area contributed by atoms with Crippen LogP contribution in [0.25, 0.3) is 0 Å². The zero-order chi connectivity index (χ0) is 28.9. The van der Waals surface area contributed by atoms with E-state index in [1.165, 1.54) is 12.5 Å². The molecular formula is C31H39F2N5O3. The van der Waals surface area contributed by atoms with Crippen LogP contribution in [0.2, 0.25) is 0 Å². The number of amides is 3. The molecule has 3 fully saturated rings. The van der Waals surface area contributed by atoms with Crippen LogP contribution in [0.1, 0.15) is 78.5 Å². The zero-order valence-electron chi connectivity index (χ0n) is 23.3. The van der Waals surface area contributed by atoms with Gasteiger partial charge in [-0.3, -0.25) is 14.4 Å². The molecule has 41 heavy (non-hydrogen) atoms. The highest BCUT2D eigenvalue weighted by Gasteiger charge is 2.30. The van der Waals surface area contributed by atoms with Gasteiger partial charge in [0.05, 0.1) is 11.4 Å². The largest absolute Gasteiger partial charge is 0.366 e. The summed E-state index contributed by atoms with van der Waals surface area (Å²) >= 11 is 0. The lowest BCUT2D eigenvalue weighted by Crippen LogP contribution is -2.50. The first-order valence-electron chi connectivity index (χ1n) is 14.8. The Kier molecular flexibility index (Phi) is 9.17. The van der Waals surface area contributed by atoms with Crippen molar-refractivity contribution in [1.82, 2.24) is 10.2 Å². The number of hydrogen-bond donors (Lipinski definition) is 3. The minimum absolute atomic E-state index is 0.0360. The first kappa shape index (κ1) is 29.0. The third kappa shape index (κ3) is 7.04. The van der Waals surface area contributed by atoms with Crippen LogP contribution in [0.5, 0.6) is 0 Å². The van der Waals surface area contributed by atoms with Crippen LogP contribution < -0.4 is 21.3 Å². The molecule has 2 aromatic rings. The maximum absolute atomic E-state index is 13.8. The average molecular weight is 568 g/mol. The molecule has 1 heterocycles. The molecule has 0 aromatic heterocycles. The monoisotopic (exact) mass is 567 g/mol. The second kappa shape index (κ2) is 13.0. The van der Waals surface area contributed by atoms with Crippen molar-refractivity contribution in [2.75, 3.05) is 36.4 Å². The fourth-order valence-corrected chi connectivity index (χ4v) is 6.19. The molecule has 1 saturated heterocycles. The fourth-order valence-electron chi connectivity index (χ4n) is 6.19. The molecule has 0 spiro atoms. The molecule has 8 nitrogen and oxygen atoms in total. The van der Waals surface area contributed by atoms with Gasteiger partial charge in [0.1, 0.15) is 0 Å². The van der Waals surface area contributed by atoms with E-state index in [1.54, 1.807) is 18.2 Å². The summed E-state index contributed by atoms with van der Waals surface area (Å²) in [6, 6.07) is 8.33. The molecular weight excluding hydrogens is 528 g/mol. The van der Waals surface area contributed by atoms with Gasteiger partial charge in [-0.05, 0) is 74.9 Å². The minimum Gasteiger partial charge on any atom is -0.366 e. The topological polar surface area (TPSA) is 108 Å². The van der Waals surface area contributed by atoms with Gasteiger partial charge >= 0.3 is 0 Å². The summed E-state index contributed by atoms with van der Waals surface area (Å²) in [5.41, 5.74) is 7.44. The number of nitrogens with two attached hydrogens (primary N) is 1. The predicted molar refractivity (Wildman–Crippen MR) is 154 cm³/mol. The van der Waals surface area contributed by atoms with Crippen LogP contribution >= 0.6 is 0 Å². The van der Waals surface area contributed by atoms with Crippen LogP contribution in [0, 0.1) is 17.6 Å². The Morgan fingerprint density at radius 3 is 2.10 bits per heavy atom. The van der Waals surface area contributed by atoms with Crippen molar-refractivity contribution >= 4 is 29.1 Å². The minimum atomic E-state index is -1.11. The number of benzene rings is 2. The van der Waals surface area contributed by atoms with Crippen molar-refractivity contribution in [1.29, 1.82) is 0 Å². The van der Waals surface area contributed by atoms with E-state index in [9.17, 15) is 23.2 Å². The number of piperazine rings is 1. The molecule has 5 rings (SSSR count). The van der Waals surface area contributed by atoms with E-state index in [0.29, 0.717) is 43.1 Å². The molecule has 2 aromatic carbocycles. The molecule has 4 N–H and O–H groups in total. The van der Waals surface area contributed by atoms with Crippen LogP contribution in [0.15, 0.2) is 36.4 Å². The first-order chi connectivity index (χ1) is 19.8. The van der Waals surface area contributed by atoms with Gasteiger partial charge in [0.15, 0.2) is 11.6 Å². The third-order valence-corrected chi connectivity index (χ3v) is 8.68. The Hall–Kier alpha value is -3.53. The second-order valence-corrected chi connectivity index (χ2v) is 11.5. The quantitative estimate of drug-likeness (QED) is 0.478. The van der Waals surface area contributed by atoms with Crippen LogP contribution in [0.3, 0.4) is 0 Å². The highest BCUT2D eigenvalue weighted by atomic mass is 19.2. The maximum Gasteiger partial charge on any atom is 0.255 e. The highest BCUT2D eigenvalue weighted by molar-refractivity contribution is 6.07. The molecule has 2 saturated carbocycles. The summed E-state index contributed by atoms with van der Waals surface area (Å²) in [7, 11) is 0. The van der Waals surface area contributed by atoms with Crippen LogP contribution in [-0.2, 0) is 4.79 Å². The van der Waals surface area contributed by atoms with Gasteiger partial charge in [-0.15, -0.1) is 0 Å². The van der Waals surface area contributed by atoms with Gasteiger partial charge in [0.2, 0.25) is 5.91 Å². The maximum atomic E-state index is 13.8.